The largest absolute Gasteiger partial charge is 0.343 e. The topological polar surface area (TPSA) is 66.1 Å². The summed E-state index contributed by atoms with van der Waals surface area (Å²) in [6.45, 7) is 3.35. The number of nitrogens with zero attached hydrogens (tertiary/aromatic N) is 2. The fourth-order valence-electron chi connectivity index (χ4n) is 3.41. The number of fused-ring (bicyclic) bond motifs is 1. The number of aromatic nitrogens is 2. The second kappa shape index (κ2) is 6.28. The number of H-pyrrole nitrogens is 1. The van der Waals surface area contributed by atoms with E-state index in [0.717, 1.165) is 47.1 Å². The number of nitrogens with one attached hydrogen (secondary N) is 1. The Morgan fingerprint density at radius 3 is 2.52 bits per heavy atom. The summed E-state index contributed by atoms with van der Waals surface area (Å²) in [5.74, 6) is 0. The van der Waals surface area contributed by atoms with Gasteiger partial charge in [-0.3, -0.25) is 0 Å². The molecule has 1 aliphatic heterocycles. The van der Waals surface area contributed by atoms with Crippen LogP contribution in [-0.2, 0) is 16.4 Å². The monoisotopic (exact) mass is 355 g/mol. The van der Waals surface area contributed by atoms with Gasteiger partial charge in [-0.05, 0) is 54.7 Å². The van der Waals surface area contributed by atoms with Crippen LogP contribution in [0.4, 0.5) is 0 Å². The number of rotatable bonds is 4. The molecule has 0 amide bonds. The van der Waals surface area contributed by atoms with E-state index in [1.807, 2.05) is 18.2 Å². The van der Waals surface area contributed by atoms with Crippen LogP contribution < -0.4 is 0 Å². The molecule has 0 atom stereocenters. The van der Waals surface area contributed by atoms with Crippen molar-refractivity contribution in [2.45, 2.75) is 31.1 Å². The number of hydrogen-bond acceptors (Lipinski definition) is 3. The molecule has 2 aromatic heterocycles. The lowest BCUT2D eigenvalue weighted by atomic mass is 10.0. The van der Waals surface area contributed by atoms with Gasteiger partial charge in [0.2, 0.25) is 10.0 Å². The molecular formula is C19H21N3O2S. The maximum Gasteiger partial charge on any atom is 0.243 e. The Kier molecular flexibility index (Phi) is 4.09. The third kappa shape index (κ3) is 2.85. The molecule has 1 fully saturated rings. The van der Waals surface area contributed by atoms with Crippen LogP contribution in [0.1, 0.15) is 25.5 Å². The molecule has 25 heavy (non-hydrogen) atoms. The zero-order valence-electron chi connectivity index (χ0n) is 14.2. The molecule has 0 unspecified atom stereocenters. The average molecular weight is 355 g/mol. The third-order valence-electron chi connectivity index (χ3n) is 4.84. The minimum absolute atomic E-state index is 0.367. The normalized spacial score (nSPS) is 15.9. The number of pyridine rings is 1. The molecule has 0 aliphatic carbocycles. The molecule has 130 valence electrons. The van der Waals surface area contributed by atoms with Gasteiger partial charge in [-0.1, -0.05) is 19.1 Å². The van der Waals surface area contributed by atoms with Crippen LogP contribution in [0.25, 0.3) is 22.2 Å². The summed E-state index contributed by atoms with van der Waals surface area (Å²) < 4.78 is 26.9. The molecule has 1 saturated heterocycles. The maximum atomic E-state index is 12.6. The summed E-state index contributed by atoms with van der Waals surface area (Å²) in [7, 11) is -3.37. The van der Waals surface area contributed by atoms with Gasteiger partial charge in [0, 0.05) is 30.4 Å². The average Bonchev–Trinajstić information content (AvgIpc) is 3.31. The van der Waals surface area contributed by atoms with E-state index < -0.39 is 10.0 Å². The van der Waals surface area contributed by atoms with Crippen molar-refractivity contribution in [1.29, 1.82) is 0 Å². The first kappa shape index (κ1) is 16.3. The number of aryl methyl sites for hydroxylation is 1. The minimum Gasteiger partial charge on any atom is -0.343 e. The highest BCUT2D eigenvalue weighted by Gasteiger charge is 2.27. The Hall–Kier alpha value is -2.18. The number of hydrogen-bond donors (Lipinski definition) is 1. The SMILES string of the molecule is CCc1cc2c(-c3ccc(S(=O)(=O)N4CCCC4)cc3)ccnc2[nH]1. The smallest absolute Gasteiger partial charge is 0.243 e. The van der Waals surface area contributed by atoms with E-state index in [4.69, 9.17) is 0 Å². The van der Waals surface area contributed by atoms with Gasteiger partial charge < -0.3 is 4.98 Å². The quantitative estimate of drug-likeness (QED) is 0.778. The van der Waals surface area contributed by atoms with Crippen molar-refractivity contribution in [2.24, 2.45) is 0 Å². The standard InChI is InChI=1S/C19H21N3O2S/c1-2-15-13-18-17(9-10-20-19(18)21-15)14-5-7-16(8-6-14)25(23,24)22-11-3-4-12-22/h5-10,13H,2-4,11-12H2,1H3,(H,20,21). The van der Waals surface area contributed by atoms with Crippen molar-refractivity contribution in [3.63, 3.8) is 0 Å². The van der Waals surface area contributed by atoms with Gasteiger partial charge in [-0.2, -0.15) is 4.31 Å². The summed E-state index contributed by atoms with van der Waals surface area (Å²) in [4.78, 5) is 8.07. The van der Waals surface area contributed by atoms with Crippen molar-refractivity contribution < 1.29 is 8.42 Å². The van der Waals surface area contributed by atoms with E-state index in [9.17, 15) is 8.42 Å². The maximum absolute atomic E-state index is 12.6. The van der Waals surface area contributed by atoms with E-state index in [1.165, 1.54) is 0 Å². The second-order valence-electron chi connectivity index (χ2n) is 6.40. The molecular weight excluding hydrogens is 334 g/mol. The van der Waals surface area contributed by atoms with Gasteiger partial charge in [0.25, 0.3) is 0 Å². The van der Waals surface area contributed by atoms with Gasteiger partial charge in [-0.15, -0.1) is 0 Å². The Labute approximate surface area is 147 Å². The van der Waals surface area contributed by atoms with E-state index in [-0.39, 0.29) is 0 Å². The highest BCUT2D eigenvalue weighted by atomic mass is 32.2. The molecule has 1 aromatic carbocycles. The lowest BCUT2D eigenvalue weighted by Crippen LogP contribution is -2.27. The zero-order valence-corrected chi connectivity index (χ0v) is 15.0. The van der Waals surface area contributed by atoms with Crippen LogP contribution in [0.2, 0.25) is 0 Å². The van der Waals surface area contributed by atoms with Crippen molar-refractivity contribution in [3.8, 4) is 11.1 Å². The van der Waals surface area contributed by atoms with Crippen LogP contribution in [0.3, 0.4) is 0 Å². The van der Waals surface area contributed by atoms with Crippen LogP contribution in [0.5, 0.6) is 0 Å². The molecule has 1 aliphatic rings. The Balaban J connectivity index is 1.72. The predicted octanol–water partition coefficient (Wildman–Crippen LogP) is 3.58. The van der Waals surface area contributed by atoms with Gasteiger partial charge >= 0.3 is 0 Å². The first-order chi connectivity index (χ1) is 12.1. The fraction of sp³-hybridized carbons (Fsp3) is 0.316. The zero-order chi connectivity index (χ0) is 17.4. The Bertz CT molecular complexity index is 1000. The van der Waals surface area contributed by atoms with Crippen molar-refractivity contribution in [2.75, 3.05) is 13.1 Å². The summed E-state index contributed by atoms with van der Waals surface area (Å²) in [5.41, 5.74) is 4.06. The molecule has 0 spiro atoms. The highest BCUT2D eigenvalue weighted by molar-refractivity contribution is 7.89. The van der Waals surface area contributed by atoms with Crippen molar-refractivity contribution in [3.05, 3.63) is 48.3 Å². The molecule has 3 heterocycles. The number of sulfonamides is 1. The lowest BCUT2D eigenvalue weighted by molar-refractivity contribution is 0.477. The minimum atomic E-state index is -3.37. The molecule has 6 heteroatoms. The number of benzene rings is 1. The molecule has 3 aromatic rings. The van der Waals surface area contributed by atoms with Gasteiger partial charge in [0.05, 0.1) is 4.90 Å². The molecule has 0 saturated carbocycles. The third-order valence-corrected chi connectivity index (χ3v) is 6.75. The molecule has 1 N–H and O–H groups in total. The van der Waals surface area contributed by atoms with Gasteiger partial charge in [0.15, 0.2) is 0 Å². The molecule has 0 radical (unpaired) electrons. The van der Waals surface area contributed by atoms with Crippen molar-refractivity contribution >= 4 is 21.1 Å². The number of aromatic amines is 1. The van der Waals surface area contributed by atoms with Gasteiger partial charge in [-0.25, -0.2) is 13.4 Å². The summed E-state index contributed by atoms with van der Waals surface area (Å²) in [5, 5.41) is 1.06. The van der Waals surface area contributed by atoms with Crippen LogP contribution in [-0.4, -0.2) is 35.8 Å². The Morgan fingerprint density at radius 1 is 1.12 bits per heavy atom. The van der Waals surface area contributed by atoms with E-state index in [1.54, 1.807) is 22.6 Å². The first-order valence-electron chi connectivity index (χ1n) is 8.67. The summed E-state index contributed by atoms with van der Waals surface area (Å²) in [6.07, 6.45) is 4.59. The molecule has 5 nitrogen and oxygen atoms in total. The van der Waals surface area contributed by atoms with Gasteiger partial charge in [0.1, 0.15) is 5.65 Å². The lowest BCUT2D eigenvalue weighted by Gasteiger charge is -2.15. The van der Waals surface area contributed by atoms with Crippen LogP contribution in [0.15, 0.2) is 47.5 Å². The summed E-state index contributed by atoms with van der Waals surface area (Å²) >= 11 is 0. The fourth-order valence-corrected chi connectivity index (χ4v) is 4.92. The second-order valence-corrected chi connectivity index (χ2v) is 8.34. The summed E-state index contributed by atoms with van der Waals surface area (Å²) in [6, 6.07) is 11.3. The molecule has 4 rings (SSSR count). The predicted molar refractivity (Wildman–Crippen MR) is 98.9 cm³/mol. The molecule has 0 bridgehead atoms. The van der Waals surface area contributed by atoms with E-state index in [2.05, 4.69) is 23.0 Å². The van der Waals surface area contributed by atoms with Crippen molar-refractivity contribution in [1.82, 2.24) is 14.3 Å². The Morgan fingerprint density at radius 2 is 1.84 bits per heavy atom. The van der Waals surface area contributed by atoms with E-state index >= 15 is 0 Å². The van der Waals surface area contributed by atoms with E-state index in [0.29, 0.717) is 18.0 Å². The van der Waals surface area contributed by atoms with Crippen LogP contribution >= 0.6 is 0 Å². The van der Waals surface area contributed by atoms with Crippen LogP contribution in [0, 0.1) is 0 Å². The first-order valence-corrected chi connectivity index (χ1v) is 10.1. The highest BCUT2D eigenvalue weighted by Crippen LogP contribution is 2.30.